The van der Waals surface area contributed by atoms with Gasteiger partial charge in [-0.25, -0.2) is 0 Å². The third kappa shape index (κ3) is 3.32. The van der Waals surface area contributed by atoms with Crippen LogP contribution >= 0.6 is 0 Å². The lowest BCUT2D eigenvalue weighted by atomic mass is 10.3. The minimum Gasteiger partial charge on any atom is -0.378 e. The van der Waals surface area contributed by atoms with E-state index in [1.807, 2.05) is 0 Å². The van der Waals surface area contributed by atoms with Gasteiger partial charge in [0.05, 0.1) is 18.6 Å². The maximum Gasteiger partial charge on any atom is 0.229 e. The third-order valence-electron chi connectivity index (χ3n) is 4.82. The van der Waals surface area contributed by atoms with Gasteiger partial charge in [0.15, 0.2) is 0 Å². The normalized spacial score (nSPS) is 19.3. The van der Waals surface area contributed by atoms with E-state index >= 15 is 0 Å². The summed E-state index contributed by atoms with van der Waals surface area (Å²) in [6, 6.07) is 2.12. The molecule has 0 spiro atoms. The molecular weight excluding hydrogens is 304 g/mol. The molecule has 0 saturated carbocycles. The van der Waals surface area contributed by atoms with Gasteiger partial charge in [-0.15, -0.1) is 0 Å². The maximum atomic E-state index is 5.44. The molecule has 7 heteroatoms. The summed E-state index contributed by atoms with van der Waals surface area (Å²) in [7, 11) is 0. The summed E-state index contributed by atoms with van der Waals surface area (Å²) in [5, 5.41) is 4.61. The van der Waals surface area contributed by atoms with Gasteiger partial charge in [-0.1, -0.05) is 0 Å². The molecule has 0 aromatic carbocycles. The Balaban J connectivity index is 1.54. The molecule has 2 aliphatic rings. The standard InChI is InChI=1S/C17H26N6O/c1-13-12-14-15(18-4-7-22-5-2-3-6-22)20-17(21-16(14)19-13)23-8-10-24-11-9-23/h12H,2-11H2,1H3,(H2,18,19,20,21). The number of rotatable bonds is 5. The number of fused-ring (bicyclic) bond motifs is 1. The highest BCUT2D eigenvalue weighted by atomic mass is 16.5. The Morgan fingerprint density at radius 3 is 2.75 bits per heavy atom. The molecule has 0 atom stereocenters. The predicted molar refractivity (Wildman–Crippen MR) is 95.8 cm³/mol. The van der Waals surface area contributed by atoms with Crippen LogP contribution < -0.4 is 10.2 Å². The fourth-order valence-corrected chi connectivity index (χ4v) is 3.51. The highest BCUT2D eigenvalue weighted by Crippen LogP contribution is 2.24. The van der Waals surface area contributed by atoms with Crippen molar-refractivity contribution in [1.82, 2.24) is 19.9 Å². The summed E-state index contributed by atoms with van der Waals surface area (Å²) < 4.78 is 5.44. The van der Waals surface area contributed by atoms with Gasteiger partial charge in [-0.3, -0.25) is 0 Å². The van der Waals surface area contributed by atoms with Gasteiger partial charge in [0.25, 0.3) is 0 Å². The number of aromatic amines is 1. The van der Waals surface area contributed by atoms with E-state index in [1.165, 1.54) is 25.9 Å². The average molecular weight is 330 g/mol. The van der Waals surface area contributed by atoms with Crippen molar-refractivity contribution < 1.29 is 4.74 Å². The first-order chi connectivity index (χ1) is 11.8. The summed E-state index contributed by atoms with van der Waals surface area (Å²) in [5.41, 5.74) is 2.02. The molecule has 2 aliphatic heterocycles. The number of hydrogen-bond acceptors (Lipinski definition) is 6. The van der Waals surface area contributed by atoms with E-state index in [4.69, 9.17) is 14.7 Å². The number of morpholine rings is 1. The minimum absolute atomic E-state index is 0.739. The Kier molecular flexibility index (Phi) is 4.53. The second-order valence-electron chi connectivity index (χ2n) is 6.66. The van der Waals surface area contributed by atoms with Crippen molar-refractivity contribution in [2.24, 2.45) is 0 Å². The first kappa shape index (κ1) is 15.7. The Morgan fingerprint density at radius 1 is 1.17 bits per heavy atom. The smallest absolute Gasteiger partial charge is 0.229 e. The highest BCUT2D eigenvalue weighted by Gasteiger charge is 2.18. The van der Waals surface area contributed by atoms with Crippen LogP contribution in [0.25, 0.3) is 11.0 Å². The van der Waals surface area contributed by atoms with Crippen LogP contribution in [0, 0.1) is 6.92 Å². The van der Waals surface area contributed by atoms with Crippen molar-refractivity contribution in [2.45, 2.75) is 19.8 Å². The van der Waals surface area contributed by atoms with Crippen molar-refractivity contribution in [1.29, 1.82) is 0 Å². The van der Waals surface area contributed by atoms with Gasteiger partial charge in [0.2, 0.25) is 5.95 Å². The average Bonchev–Trinajstić information content (AvgIpc) is 3.24. The van der Waals surface area contributed by atoms with E-state index < -0.39 is 0 Å². The van der Waals surface area contributed by atoms with Crippen LogP contribution in [0.2, 0.25) is 0 Å². The number of ether oxygens (including phenoxy) is 1. The molecule has 2 N–H and O–H groups in total. The van der Waals surface area contributed by atoms with Crippen molar-refractivity contribution in [3.05, 3.63) is 11.8 Å². The number of aryl methyl sites for hydroxylation is 1. The Labute approximate surface area is 142 Å². The summed E-state index contributed by atoms with van der Waals surface area (Å²) in [6.07, 6.45) is 2.66. The fourth-order valence-electron chi connectivity index (χ4n) is 3.51. The molecule has 24 heavy (non-hydrogen) atoms. The van der Waals surface area contributed by atoms with E-state index in [-0.39, 0.29) is 0 Å². The van der Waals surface area contributed by atoms with E-state index in [2.05, 4.69) is 33.1 Å². The van der Waals surface area contributed by atoms with Gasteiger partial charge >= 0.3 is 0 Å². The molecule has 0 bridgehead atoms. The molecule has 2 fully saturated rings. The van der Waals surface area contributed by atoms with Crippen molar-refractivity contribution in [3.8, 4) is 0 Å². The molecular formula is C17H26N6O. The summed E-state index contributed by atoms with van der Waals surface area (Å²) >= 11 is 0. The number of aromatic nitrogens is 3. The Bertz CT molecular complexity index is 688. The van der Waals surface area contributed by atoms with Crippen LogP contribution in [0.3, 0.4) is 0 Å². The first-order valence-corrected chi connectivity index (χ1v) is 8.96. The zero-order chi connectivity index (χ0) is 16.4. The number of nitrogens with one attached hydrogen (secondary N) is 2. The largest absolute Gasteiger partial charge is 0.378 e. The second-order valence-corrected chi connectivity index (χ2v) is 6.66. The predicted octanol–water partition coefficient (Wildman–Crippen LogP) is 1.61. The molecule has 0 unspecified atom stereocenters. The molecule has 2 saturated heterocycles. The van der Waals surface area contributed by atoms with Crippen LogP contribution in [0.4, 0.5) is 11.8 Å². The zero-order valence-corrected chi connectivity index (χ0v) is 14.3. The molecule has 0 amide bonds. The molecule has 2 aromatic heterocycles. The van der Waals surface area contributed by atoms with Gasteiger partial charge in [-0.05, 0) is 38.9 Å². The van der Waals surface area contributed by atoms with Crippen LogP contribution in [-0.2, 0) is 4.74 Å². The lowest BCUT2D eigenvalue weighted by Gasteiger charge is -2.27. The zero-order valence-electron chi connectivity index (χ0n) is 14.3. The maximum absolute atomic E-state index is 5.44. The number of anilines is 2. The number of hydrogen-bond donors (Lipinski definition) is 2. The van der Waals surface area contributed by atoms with Crippen LogP contribution in [-0.4, -0.2) is 72.3 Å². The SMILES string of the molecule is Cc1cc2c(NCCN3CCCC3)nc(N3CCOCC3)nc2[nH]1. The second kappa shape index (κ2) is 6.94. The van der Waals surface area contributed by atoms with Gasteiger partial charge in [-0.2, -0.15) is 9.97 Å². The van der Waals surface area contributed by atoms with E-state index in [1.54, 1.807) is 0 Å². The Hall–Kier alpha value is -1.86. The topological polar surface area (TPSA) is 69.3 Å². The number of likely N-dealkylation sites (tertiary alicyclic amines) is 1. The minimum atomic E-state index is 0.739. The quantitative estimate of drug-likeness (QED) is 0.868. The summed E-state index contributed by atoms with van der Waals surface area (Å²) in [4.78, 5) is 17.6. The lowest BCUT2D eigenvalue weighted by molar-refractivity contribution is 0.122. The van der Waals surface area contributed by atoms with Gasteiger partial charge in [0, 0.05) is 31.9 Å². The number of H-pyrrole nitrogens is 1. The summed E-state index contributed by atoms with van der Waals surface area (Å²) in [5.74, 6) is 1.72. The van der Waals surface area contributed by atoms with E-state index in [0.717, 1.165) is 67.9 Å². The van der Waals surface area contributed by atoms with E-state index in [0.29, 0.717) is 0 Å². The lowest BCUT2D eigenvalue weighted by Crippen LogP contribution is -2.37. The monoisotopic (exact) mass is 330 g/mol. The highest BCUT2D eigenvalue weighted by molar-refractivity contribution is 5.89. The molecule has 4 heterocycles. The molecule has 2 aromatic rings. The fraction of sp³-hybridized carbons (Fsp3) is 0.647. The molecule has 0 aliphatic carbocycles. The Morgan fingerprint density at radius 2 is 1.96 bits per heavy atom. The van der Waals surface area contributed by atoms with Crippen molar-refractivity contribution in [3.63, 3.8) is 0 Å². The first-order valence-electron chi connectivity index (χ1n) is 8.96. The third-order valence-corrected chi connectivity index (χ3v) is 4.82. The molecule has 7 nitrogen and oxygen atoms in total. The van der Waals surface area contributed by atoms with Crippen LogP contribution in [0.15, 0.2) is 6.07 Å². The summed E-state index contributed by atoms with van der Waals surface area (Å²) in [6.45, 7) is 9.67. The number of nitrogens with zero attached hydrogens (tertiary/aromatic N) is 4. The van der Waals surface area contributed by atoms with E-state index in [9.17, 15) is 0 Å². The van der Waals surface area contributed by atoms with Crippen LogP contribution in [0.5, 0.6) is 0 Å². The molecule has 4 rings (SSSR count). The van der Waals surface area contributed by atoms with Gasteiger partial charge < -0.3 is 24.8 Å². The van der Waals surface area contributed by atoms with Crippen molar-refractivity contribution in [2.75, 3.05) is 62.7 Å². The van der Waals surface area contributed by atoms with Gasteiger partial charge in [0.1, 0.15) is 11.5 Å². The van der Waals surface area contributed by atoms with Crippen molar-refractivity contribution >= 4 is 22.8 Å². The molecule has 0 radical (unpaired) electrons. The molecule has 130 valence electrons. The van der Waals surface area contributed by atoms with Crippen LogP contribution in [0.1, 0.15) is 18.5 Å².